The number of pyridine rings is 1. The van der Waals surface area contributed by atoms with E-state index in [9.17, 15) is 5.11 Å². The van der Waals surface area contributed by atoms with Gasteiger partial charge in [0, 0.05) is 24.4 Å². The number of hydrogen-bond donors (Lipinski definition) is 1. The van der Waals surface area contributed by atoms with E-state index < -0.39 is 6.10 Å². The molecular formula is C11H12N2O2. The van der Waals surface area contributed by atoms with Crippen LogP contribution in [0.4, 0.5) is 0 Å². The van der Waals surface area contributed by atoms with Gasteiger partial charge in [-0.1, -0.05) is 0 Å². The lowest BCUT2D eigenvalue weighted by atomic mass is 10.2. The van der Waals surface area contributed by atoms with Crippen LogP contribution in [-0.4, -0.2) is 21.2 Å². The largest absolute Gasteiger partial charge is 0.441 e. The second kappa shape index (κ2) is 4.23. The molecule has 0 aliphatic heterocycles. The third-order valence-corrected chi connectivity index (χ3v) is 1.98. The average molecular weight is 204 g/mol. The van der Waals surface area contributed by atoms with E-state index in [1.54, 1.807) is 25.5 Å². The Morgan fingerprint density at radius 2 is 2.13 bits per heavy atom. The van der Waals surface area contributed by atoms with Crippen LogP contribution >= 0.6 is 0 Å². The molecule has 0 aliphatic rings. The summed E-state index contributed by atoms with van der Waals surface area (Å²) in [4.78, 5) is 8.05. The molecule has 2 aromatic heterocycles. The van der Waals surface area contributed by atoms with E-state index in [2.05, 4.69) is 9.97 Å². The first-order valence-electron chi connectivity index (χ1n) is 4.79. The van der Waals surface area contributed by atoms with Crippen LogP contribution in [-0.2, 0) is 6.42 Å². The molecule has 0 amide bonds. The Balaban J connectivity index is 2.21. The molecule has 2 heterocycles. The van der Waals surface area contributed by atoms with Crippen LogP contribution in [0.1, 0.15) is 12.7 Å². The summed E-state index contributed by atoms with van der Waals surface area (Å²) in [6.07, 6.45) is 5.09. The molecule has 1 atom stereocenters. The van der Waals surface area contributed by atoms with Gasteiger partial charge in [0.15, 0.2) is 0 Å². The van der Waals surface area contributed by atoms with Crippen molar-refractivity contribution in [2.24, 2.45) is 0 Å². The molecule has 0 spiro atoms. The van der Waals surface area contributed by atoms with E-state index in [0.29, 0.717) is 18.1 Å². The maximum absolute atomic E-state index is 9.19. The van der Waals surface area contributed by atoms with Gasteiger partial charge in [-0.25, -0.2) is 4.98 Å². The SMILES string of the molecule is CC(O)Cc1cnc(-c2ccncc2)o1. The summed E-state index contributed by atoms with van der Waals surface area (Å²) in [5, 5.41) is 9.19. The van der Waals surface area contributed by atoms with Crippen molar-refractivity contribution in [3.63, 3.8) is 0 Å². The summed E-state index contributed by atoms with van der Waals surface area (Å²) >= 11 is 0. The quantitative estimate of drug-likeness (QED) is 0.826. The zero-order valence-electron chi connectivity index (χ0n) is 8.42. The molecular weight excluding hydrogens is 192 g/mol. The van der Waals surface area contributed by atoms with E-state index in [-0.39, 0.29) is 0 Å². The highest BCUT2D eigenvalue weighted by Crippen LogP contribution is 2.18. The molecule has 15 heavy (non-hydrogen) atoms. The van der Waals surface area contributed by atoms with Crippen molar-refractivity contribution >= 4 is 0 Å². The maximum Gasteiger partial charge on any atom is 0.226 e. The molecule has 0 saturated heterocycles. The number of hydrogen-bond acceptors (Lipinski definition) is 4. The van der Waals surface area contributed by atoms with Crippen molar-refractivity contribution in [1.29, 1.82) is 0 Å². The highest BCUT2D eigenvalue weighted by atomic mass is 16.4. The summed E-state index contributed by atoms with van der Waals surface area (Å²) < 4.78 is 5.48. The molecule has 4 heteroatoms. The first kappa shape index (κ1) is 9.86. The van der Waals surface area contributed by atoms with Crippen molar-refractivity contribution in [3.8, 4) is 11.5 Å². The number of aliphatic hydroxyl groups excluding tert-OH is 1. The van der Waals surface area contributed by atoms with Crippen LogP contribution in [0.25, 0.3) is 11.5 Å². The van der Waals surface area contributed by atoms with Gasteiger partial charge in [-0.15, -0.1) is 0 Å². The van der Waals surface area contributed by atoms with Gasteiger partial charge in [0.25, 0.3) is 0 Å². The van der Waals surface area contributed by atoms with Crippen LogP contribution in [0.15, 0.2) is 35.1 Å². The van der Waals surface area contributed by atoms with E-state index in [1.807, 2.05) is 12.1 Å². The van der Waals surface area contributed by atoms with Crippen molar-refractivity contribution in [3.05, 3.63) is 36.5 Å². The van der Waals surface area contributed by atoms with E-state index in [0.717, 1.165) is 5.56 Å². The van der Waals surface area contributed by atoms with Gasteiger partial charge in [0.1, 0.15) is 5.76 Å². The zero-order valence-corrected chi connectivity index (χ0v) is 8.42. The molecule has 0 bridgehead atoms. The van der Waals surface area contributed by atoms with Crippen LogP contribution < -0.4 is 0 Å². The van der Waals surface area contributed by atoms with Gasteiger partial charge in [-0.05, 0) is 19.1 Å². The Labute approximate surface area is 87.6 Å². The van der Waals surface area contributed by atoms with Gasteiger partial charge < -0.3 is 9.52 Å². The Hall–Kier alpha value is -1.68. The molecule has 1 unspecified atom stereocenters. The van der Waals surface area contributed by atoms with Gasteiger partial charge in [-0.2, -0.15) is 0 Å². The Kier molecular flexibility index (Phi) is 2.78. The second-order valence-corrected chi connectivity index (χ2v) is 3.42. The third-order valence-electron chi connectivity index (χ3n) is 1.98. The molecule has 78 valence electrons. The normalized spacial score (nSPS) is 12.7. The molecule has 0 aliphatic carbocycles. The third kappa shape index (κ3) is 2.41. The minimum Gasteiger partial charge on any atom is -0.441 e. The summed E-state index contributed by atoms with van der Waals surface area (Å²) in [7, 11) is 0. The standard InChI is InChI=1S/C11H12N2O2/c1-8(14)6-10-7-13-11(15-10)9-2-4-12-5-3-9/h2-5,7-8,14H,6H2,1H3. The highest BCUT2D eigenvalue weighted by Gasteiger charge is 2.07. The topological polar surface area (TPSA) is 59.2 Å². The van der Waals surface area contributed by atoms with Gasteiger partial charge in [0.05, 0.1) is 12.3 Å². The second-order valence-electron chi connectivity index (χ2n) is 3.42. The number of rotatable bonds is 3. The molecule has 0 aromatic carbocycles. The van der Waals surface area contributed by atoms with Crippen molar-refractivity contribution in [1.82, 2.24) is 9.97 Å². The van der Waals surface area contributed by atoms with Crippen molar-refractivity contribution in [2.45, 2.75) is 19.4 Å². The van der Waals surface area contributed by atoms with E-state index in [1.165, 1.54) is 0 Å². The number of nitrogens with zero attached hydrogens (tertiary/aromatic N) is 2. The van der Waals surface area contributed by atoms with Gasteiger partial charge >= 0.3 is 0 Å². The smallest absolute Gasteiger partial charge is 0.226 e. The molecule has 4 nitrogen and oxygen atoms in total. The van der Waals surface area contributed by atoms with E-state index in [4.69, 9.17) is 4.42 Å². The lowest BCUT2D eigenvalue weighted by molar-refractivity contribution is 0.187. The van der Waals surface area contributed by atoms with Gasteiger partial charge in [-0.3, -0.25) is 4.98 Å². The lowest BCUT2D eigenvalue weighted by Crippen LogP contribution is -2.02. The van der Waals surface area contributed by atoms with Crippen molar-refractivity contribution < 1.29 is 9.52 Å². The fourth-order valence-corrected chi connectivity index (χ4v) is 1.32. The summed E-state index contributed by atoms with van der Waals surface area (Å²) in [6, 6.07) is 3.66. The van der Waals surface area contributed by atoms with Gasteiger partial charge in [0.2, 0.25) is 5.89 Å². The summed E-state index contributed by atoms with van der Waals surface area (Å²) in [6.45, 7) is 1.72. The fraction of sp³-hybridized carbons (Fsp3) is 0.273. The number of aliphatic hydroxyl groups is 1. The van der Waals surface area contributed by atoms with Crippen LogP contribution in [0.5, 0.6) is 0 Å². The summed E-state index contributed by atoms with van der Waals surface area (Å²) in [5.74, 6) is 1.25. The average Bonchev–Trinajstić information content (AvgIpc) is 2.67. The monoisotopic (exact) mass is 204 g/mol. The summed E-state index contributed by atoms with van der Waals surface area (Å²) in [5.41, 5.74) is 0.891. The van der Waals surface area contributed by atoms with Crippen LogP contribution in [0.3, 0.4) is 0 Å². The Morgan fingerprint density at radius 3 is 2.80 bits per heavy atom. The van der Waals surface area contributed by atoms with Crippen LogP contribution in [0.2, 0.25) is 0 Å². The molecule has 2 aromatic rings. The predicted molar refractivity (Wildman–Crippen MR) is 55.1 cm³/mol. The minimum atomic E-state index is -0.414. The number of aromatic nitrogens is 2. The Bertz CT molecular complexity index is 423. The van der Waals surface area contributed by atoms with E-state index >= 15 is 0 Å². The first-order valence-corrected chi connectivity index (χ1v) is 4.79. The number of oxazole rings is 1. The molecule has 1 N–H and O–H groups in total. The van der Waals surface area contributed by atoms with Crippen molar-refractivity contribution in [2.75, 3.05) is 0 Å². The first-order chi connectivity index (χ1) is 7.25. The maximum atomic E-state index is 9.19. The van der Waals surface area contributed by atoms with Crippen LogP contribution in [0, 0.1) is 0 Å². The molecule has 0 saturated carbocycles. The minimum absolute atomic E-state index is 0.414. The fourth-order valence-electron chi connectivity index (χ4n) is 1.32. The Morgan fingerprint density at radius 1 is 1.40 bits per heavy atom. The zero-order chi connectivity index (χ0) is 10.7. The highest BCUT2D eigenvalue weighted by molar-refractivity contribution is 5.51. The lowest BCUT2D eigenvalue weighted by Gasteiger charge is -1.98. The molecule has 2 rings (SSSR count). The molecule has 0 fully saturated rings. The predicted octanol–water partition coefficient (Wildman–Crippen LogP) is 1.66. The molecule has 0 radical (unpaired) electrons.